The van der Waals surface area contributed by atoms with Crippen molar-refractivity contribution in [1.82, 2.24) is 24.5 Å². The summed E-state index contributed by atoms with van der Waals surface area (Å²) in [5.41, 5.74) is 0.587. The van der Waals surface area contributed by atoms with E-state index in [0.29, 0.717) is 46.4 Å². The number of fused-ring (bicyclic) bond motifs is 1. The van der Waals surface area contributed by atoms with Crippen LogP contribution in [0, 0.1) is 18.3 Å². The summed E-state index contributed by atoms with van der Waals surface area (Å²) in [5, 5.41) is 2.99. The molecular weight excluding hydrogens is 652 g/mol. The van der Waals surface area contributed by atoms with Gasteiger partial charge in [-0.2, -0.15) is 9.97 Å². The number of aromatic amines is 1. The minimum Gasteiger partial charge on any atom is -0.464 e. The van der Waals surface area contributed by atoms with Gasteiger partial charge in [-0.1, -0.05) is 38.1 Å². The summed E-state index contributed by atoms with van der Waals surface area (Å²) in [7, 11) is 3.38. The van der Waals surface area contributed by atoms with Gasteiger partial charge in [0.1, 0.15) is 6.23 Å². The summed E-state index contributed by atoms with van der Waals surface area (Å²) in [6.45, 7) is 8.31. The third kappa shape index (κ3) is 9.30. The molecule has 5 rings (SSSR count). The number of hydrogen-bond acceptors (Lipinski definition) is 11. The Labute approximate surface area is 290 Å². The Balaban J connectivity index is 0.00000101. The summed E-state index contributed by atoms with van der Waals surface area (Å²) >= 11 is 6.12. The number of aldehydes is 1. The van der Waals surface area contributed by atoms with Crippen LogP contribution in [0.1, 0.15) is 45.9 Å². The molecule has 1 fully saturated rings. The van der Waals surface area contributed by atoms with Crippen LogP contribution in [0.15, 0.2) is 53.7 Å². The van der Waals surface area contributed by atoms with Crippen LogP contribution in [-0.2, 0) is 35.0 Å². The molecule has 0 saturated carbocycles. The first-order valence-corrected chi connectivity index (χ1v) is 16.3. The summed E-state index contributed by atoms with van der Waals surface area (Å²) in [5.74, 6) is 1.97. The number of pyridine rings is 1. The Kier molecular flexibility index (Phi) is 14.9. The van der Waals surface area contributed by atoms with Gasteiger partial charge in [0.05, 0.1) is 31.6 Å². The molecule has 1 aliphatic heterocycles. The van der Waals surface area contributed by atoms with Crippen LogP contribution < -0.4 is 10.9 Å². The summed E-state index contributed by atoms with van der Waals surface area (Å²) < 4.78 is 23.8. The van der Waals surface area contributed by atoms with Crippen molar-refractivity contribution in [2.24, 2.45) is 5.92 Å². The van der Waals surface area contributed by atoms with Gasteiger partial charge in [0.15, 0.2) is 23.3 Å². The summed E-state index contributed by atoms with van der Waals surface area (Å²) in [6, 6.07) is 10.4. The lowest BCUT2D eigenvalue weighted by Gasteiger charge is -2.28. The monoisotopic (exact) mass is 694 g/mol. The first kappa shape index (κ1) is 38.8. The number of halogens is 1. The zero-order valence-electron chi connectivity index (χ0n) is 28.6. The molecule has 14 heteroatoms. The molecule has 262 valence electrons. The highest BCUT2D eigenvalue weighted by atomic mass is 35.5. The molecule has 1 aromatic carbocycles. The number of rotatable bonds is 12. The molecule has 1 aliphatic rings. The van der Waals surface area contributed by atoms with Crippen molar-refractivity contribution >= 4 is 40.8 Å². The Morgan fingerprint density at radius 3 is 2.53 bits per heavy atom. The number of aromatic nitrogens is 5. The predicted molar refractivity (Wildman–Crippen MR) is 187 cm³/mol. The number of hydrogen-bond donors (Lipinski definition) is 2. The maximum atomic E-state index is 13.1. The lowest BCUT2D eigenvalue weighted by atomic mass is 9.94. The number of ether oxygens (including phenoxy) is 4. The number of anilines is 1. The number of esters is 1. The van der Waals surface area contributed by atoms with Gasteiger partial charge >= 0.3 is 5.97 Å². The topological polar surface area (TPSA) is 160 Å². The van der Waals surface area contributed by atoms with Crippen LogP contribution >= 0.6 is 11.6 Å². The molecule has 0 aliphatic carbocycles. The zero-order chi connectivity index (χ0) is 36.0. The van der Waals surface area contributed by atoms with Gasteiger partial charge in [-0.15, -0.1) is 12.3 Å². The molecule has 0 bridgehead atoms. The second kappa shape index (κ2) is 18.8. The number of terminal acetylenes is 1. The molecule has 4 heterocycles. The highest BCUT2D eigenvalue weighted by molar-refractivity contribution is 6.28. The second-order valence-electron chi connectivity index (χ2n) is 10.5. The third-order valence-electron chi connectivity index (χ3n) is 7.55. The van der Waals surface area contributed by atoms with Crippen molar-refractivity contribution in [2.75, 3.05) is 39.3 Å². The van der Waals surface area contributed by atoms with Crippen LogP contribution in [0.4, 0.5) is 5.82 Å². The molecular formula is C35H43ClN6O7. The van der Waals surface area contributed by atoms with Crippen molar-refractivity contribution in [1.29, 1.82) is 0 Å². The maximum absolute atomic E-state index is 13.1. The van der Waals surface area contributed by atoms with Crippen LogP contribution in [0.5, 0.6) is 0 Å². The van der Waals surface area contributed by atoms with Crippen LogP contribution in [-0.4, -0.2) is 82.4 Å². The fraction of sp³-hybridized carbons (Fsp3) is 0.429. The number of nitrogens with zero attached hydrogens (tertiary/aromatic N) is 4. The largest absolute Gasteiger partial charge is 0.464 e. The first-order valence-electron chi connectivity index (χ1n) is 16.0. The molecule has 0 radical (unpaired) electrons. The fourth-order valence-corrected chi connectivity index (χ4v) is 5.22. The highest BCUT2D eigenvalue weighted by Gasteiger charge is 2.44. The van der Waals surface area contributed by atoms with Crippen LogP contribution in [0.2, 0.25) is 5.28 Å². The number of carbonyl (C=O) groups is 2. The minimum atomic E-state index is -1.95. The standard InChI is InChI=1S/C30H29ClN6O6.C3H8O.C2H6/c1-4-19-13-23(37-17-34-24-25(32-3)35-29(31)36-26(24)37)43-22(19)15-42-30(16-38,28(40)41-5-2)14-18-8-10-20(11-9-18)21-7-6-12-33-27(21)39;1-3-4-2;1-2/h1,6-12,16-17,19,22-23H,5,13-15H2,2-3H3,(H,33,39)(H,32,35,36);3H2,1-2H3;1-2H3. The molecule has 1 saturated heterocycles. The minimum absolute atomic E-state index is 0.0405. The summed E-state index contributed by atoms with van der Waals surface area (Å²) in [4.78, 5) is 53.3. The molecule has 3 aromatic heterocycles. The maximum Gasteiger partial charge on any atom is 0.346 e. The molecule has 2 N–H and O–H groups in total. The Morgan fingerprint density at radius 2 is 1.94 bits per heavy atom. The summed E-state index contributed by atoms with van der Waals surface area (Å²) in [6.07, 6.45) is 8.49. The van der Waals surface area contributed by atoms with E-state index in [4.69, 9.17) is 32.2 Å². The number of imidazole rings is 1. The van der Waals surface area contributed by atoms with E-state index < -0.39 is 29.8 Å². The van der Waals surface area contributed by atoms with Crippen molar-refractivity contribution in [3.63, 3.8) is 0 Å². The van der Waals surface area contributed by atoms with Gasteiger partial charge in [0, 0.05) is 45.4 Å². The smallest absolute Gasteiger partial charge is 0.346 e. The average Bonchev–Trinajstić information content (AvgIpc) is 3.75. The Morgan fingerprint density at radius 1 is 1.22 bits per heavy atom. The number of methoxy groups -OCH3 is 1. The van der Waals surface area contributed by atoms with Crippen molar-refractivity contribution in [3.8, 4) is 23.5 Å². The van der Waals surface area contributed by atoms with Crippen molar-refractivity contribution in [2.45, 2.75) is 58.5 Å². The van der Waals surface area contributed by atoms with Crippen LogP contribution in [0.3, 0.4) is 0 Å². The van der Waals surface area contributed by atoms with Gasteiger partial charge in [0.2, 0.25) is 10.9 Å². The van der Waals surface area contributed by atoms with E-state index in [2.05, 4.69) is 35.9 Å². The lowest BCUT2D eigenvalue weighted by Crippen LogP contribution is -2.48. The average molecular weight is 695 g/mol. The van der Waals surface area contributed by atoms with E-state index in [1.54, 1.807) is 74.6 Å². The lowest BCUT2D eigenvalue weighted by molar-refractivity contribution is -0.177. The van der Waals surface area contributed by atoms with Crippen molar-refractivity contribution in [3.05, 3.63) is 70.1 Å². The van der Waals surface area contributed by atoms with E-state index in [0.717, 1.165) is 6.61 Å². The van der Waals surface area contributed by atoms with Crippen molar-refractivity contribution < 1.29 is 28.5 Å². The van der Waals surface area contributed by atoms with E-state index in [-0.39, 0.29) is 30.5 Å². The van der Waals surface area contributed by atoms with E-state index in [1.807, 2.05) is 20.8 Å². The number of benzene rings is 1. The number of nitrogens with one attached hydrogen (secondary N) is 2. The fourth-order valence-electron chi connectivity index (χ4n) is 5.05. The third-order valence-corrected chi connectivity index (χ3v) is 7.72. The van der Waals surface area contributed by atoms with Gasteiger partial charge in [-0.3, -0.25) is 14.2 Å². The Bertz CT molecular complexity index is 1770. The predicted octanol–water partition coefficient (Wildman–Crippen LogP) is 4.85. The zero-order valence-corrected chi connectivity index (χ0v) is 29.3. The first-order chi connectivity index (χ1) is 23.7. The van der Waals surface area contributed by atoms with Gasteiger partial charge in [-0.05, 0) is 48.7 Å². The Hall–Kier alpha value is -4.61. The second-order valence-corrected chi connectivity index (χ2v) is 10.8. The molecule has 4 unspecified atom stereocenters. The molecule has 49 heavy (non-hydrogen) atoms. The normalized spacial score (nSPS) is 17.8. The molecule has 13 nitrogen and oxygen atoms in total. The van der Waals surface area contributed by atoms with Gasteiger partial charge in [0.25, 0.3) is 5.56 Å². The van der Waals surface area contributed by atoms with E-state index in [9.17, 15) is 14.4 Å². The molecule has 4 aromatic rings. The van der Waals surface area contributed by atoms with Crippen LogP contribution in [0.25, 0.3) is 22.3 Å². The highest BCUT2D eigenvalue weighted by Crippen LogP contribution is 2.36. The number of carbonyl (C=O) groups excluding carboxylic acids is 2. The SMILES string of the molecule is C#CC1CC(n2cnc3c(NC)nc(Cl)nc32)OC1COC(C=O)(Cc1ccc(-c2ccc[nH]c2=O)cc1)C(=O)OCC.CC.CCOC. The molecule has 0 amide bonds. The molecule has 0 spiro atoms. The van der Waals surface area contributed by atoms with E-state index >= 15 is 0 Å². The quantitative estimate of drug-likeness (QED) is 0.0686. The number of H-pyrrole nitrogens is 1. The molecule has 4 atom stereocenters. The van der Waals surface area contributed by atoms with E-state index in [1.165, 1.54) is 0 Å². The van der Waals surface area contributed by atoms with Gasteiger partial charge < -0.3 is 29.2 Å². The van der Waals surface area contributed by atoms with Gasteiger partial charge in [-0.25, -0.2) is 9.78 Å².